The van der Waals surface area contributed by atoms with Gasteiger partial charge in [-0.2, -0.15) is 0 Å². The molecule has 0 saturated heterocycles. The number of nitrogens with zero attached hydrogens (tertiary/aromatic N) is 2. The number of furan rings is 1. The summed E-state index contributed by atoms with van der Waals surface area (Å²) in [7, 11) is -1.15. The van der Waals surface area contributed by atoms with E-state index in [9.17, 15) is 4.21 Å². The van der Waals surface area contributed by atoms with Crippen molar-refractivity contribution in [2.75, 3.05) is 18.1 Å². The van der Waals surface area contributed by atoms with Gasteiger partial charge in [-0.1, -0.05) is 0 Å². The molecule has 2 aromatic rings. The van der Waals surface area contributed by atoms with Gasteiger partial charge >= 0.3 is 0 Å². The third kappa shape index (κ3) is 2.71. The van der Waals surface area contributed by atoms with Crippen LogP contribution in [0.3, 0.4) is 0 Å². The maximum atomic E-state index is 11.5. The lowest BCUT2D eigenvalue weighted by Gasteiger charge is -2.05. The van der Waals surface area contributed by atoms with Crippen LogP contribution in [0.2, 0.25) is 0 Å². The molecule has 0 aliphatic heterocycles. The molecule has 0 bridgehead atoms. The van der Waals surface area contributed by atoms with E-state index >= 15 is 0 Å². The quantitative estimate of drug-likeness (QED) is 0.841. The Morgan fingerprint density at radius 3 is 2.88 bits per heavy atom. The molecule has 0 radical (unpaired) electrons. The number of anilines is 1. The third-order valence-electron chi connectivity index (χ3n) is 2.11. The fourth-order valence-corrected chi connectivity index (χ4v) is 1.85. The lowest BCUT2D eigenvalue weighted by Crippen LogP contribution is -2.05. The van der Waals surface area contributed by atoms with Gasteiger partial charge in [0.1, 0.15) is 10.7 Å². The first-order valence-corrected chi connectivity index (χ1v) is 6.76. The summed E-state index contributed by atoms with van der Waals surface area (Å²) in [4.78, 5) is 8.47. The van der Waals surface area contributed by atoms with Crippen LogP contribution in [-0.4, -0.2) is 27.0 Å². The number of rotatable bonds is 4. The second kappa shape index (κ2) is 5.09. The van der Waals surface area contributed by atoms with Crippen molar-refractivity contribution in [3.05, 3.63) is 24.5 Å². The Morgan fingerprint density at radius 1 is 1.47 bits per heavy atom. The van der Waals surface area contributed by atoms with Crippen LogP contribution >= 0.6 is 0 Å². The van der Waals surface area contributed by atoms with Crippen molar-refractivity contribution in [3.8, 4) is 11.5 Å². The SMILES string of the molecule is CCNc1nc(-c2ccco2)cc(S(C)=O)n1. The average Bonchev–Trinajstić information content (AvgIpc) is 2.82. The fraction of sp³-hybridized carbons (Fsp3) is 0.273. The molecule has 2 rings (SSSR count). The van der Waals surface area contributed by atoms with E-state index in [2.05, 4.69) is 15.3 Å². The van der Waals surface area contributed by atoms with Crippen molar-refractivity contribution < 1.29 is 8.63 Å². The minimum atomic E-state index is -1.15. The summed E-state index contributed by atoms with van der Waals surface area (Å²) in [6.07, 6.45) is 3.16. The molecule has 6 heteroatoms. The molecule has 0 spiro atoms. The standard InChI is InChI=1S/C11H13N3O2S/c1-3-12-11-13-8(9-5-4-6-16-9)7-10(14-11)17(2)15/h4-7H,3H2,1-2H3,(H,12,13,14). The highest BCUT2D eigenvalue weighted by molar-refractivity contribution is 7.84. The molecule has 90 valence electrons. The number of aromatic nitrogens is 2. The zero-order chi connectivity index (χ0) is 12.3. The van der Waals surface area contributed by atoms with E-state index in [1.54, 1.807) is 30.7 Å². The first kappa shape index (κ1) is 11.8. The second-order valence-corrected chi connectivity index (χ2v) is 4.70. The molecule has 2 aromatic heterocycles. The van der Waals surface area contributed by atoms with E-state index in [1.807, 2.05) is 6.92 Å². The maximum Gasteiger partial charge on any atom is 0.224 e. The van der Waals surface area contributed by atoms with Crippen molar-refractivity contribution in [2.45, 2.75) is 11.9 Å². The molecule has 1 atom stereocenters. The maximum absolute atomic E-state index is 11.5. The van der Waals surface area contributed by atoms with Crippen LogP contribution in [0, 0.1) is 0 Å². The Labute approximate surface area is 102 Å². The molecule has 2 heterocycles. The Kier molecular flexibility index (Phi) is 3.53. The van der Waals surface area contributed by atoms with E-state index in [0.29, 0.717) is 29.0 Å². The van der Waals surface area contributed by atoms with E-state index in [0.717, 1.165) is 0 Å². The predicted molar refractivity (Wildman–Crippen MR) is 66.2 cm³/mol. The topological polar surface area (TPSA) is 68.0 Å². The van der Waals surface area contributed by atoms with E-state index in [-0.39, 0.29) is 0 Å². The summed E-state index contributed by atoms with van der Waals surface area (Å²) in [6, 6.07) is 5.27. The van der Waals surface area contributed by atoms with Crippen LogP contribution in [0.25, 0.3) is 11.5 Å². The predicted octanol–water partition coefficient (Wildman–Crippen LogP) is 1.91. The van der Waals surface area contributed by atoms with Gasteiger partial charge in [-0.05, 0) is 19.1 Å². The summed E-state index contributed by atoms with van der Waals surface area (Å²) < 4.78 is 16.8. The Morgan fingerprint density at radius 2 is 2.29 bits per heavy atom. The van der Waals surface area contributed by atoms with Crippen LogP contribution in [0.5, 0.6) is 0 Å². The lowest BCUT2D eigenvalue weighted by atomic mass is 10.3. The van der Waals surface area contributed by atoms with Crippen LogP contribution in [0.15, 0.2) is 33.9 Å². The monoisotopic (exact) mass is 251 g/mol. The number of nitrogens with one attached hydrogen (secondary N) is 1. The minimum Gasteiger partial charge on any atom is -0.463 e. The highest BCUT2D eigenvalue weighted by atomic mass is 32.2. The van der Waals surface area contributed by atoms with Crippen molar-refractivity contribution in [2.24, 2.45) is 0 Å². The van der Waals surface area contributed by atoms with Crippen molar-refractivity contribution in [1.29, 1.82) is 0 Å². The van der Waals surface area contributed by atoms with Gasteiger partial charge in [-0.15, -0.1) is 0 Å². The smallest absolute Gasteiger partial charge is 0.224 e. The summed E-state index contributed by atoms with van der Waals surface area (Å²) >= 11 is 0. The third-order valence-corrected chi connectivity index (χ3v) is 2.90. The van der Waals surface area contributed by atoms with Gasteiger partial charge in [0.2, 0.25) is 5.95 Å². The lowest BCUT2D eigenvalue weighted by molar-refractivity contribution is 0.579. The Balaban J connectivity index is 2.48. The molecule has 0 aliphatic rings. The molecule has 17 heavy (non-hydrogen) atoms. The molecule has 1 N–H and O–H groups in total. The molecular formula is C11H13N3O2S. The molecule has 5 nitrogen and oxygen atoms in total. The highest BCUT2D eigenvalue weighted by Gasteiger charge is 2.10. The van der Waals surface area contributed by atoms with E-state index < -0.39 is 10.8 Å². The van der Waals surface area contributed by atoms with Gasteiger partial charge in [-0.25, -0.2) is 9.97 Å². The fourth-order valence-electron chi connectivity index (χ4n) is 1.36. The molecule has 0 aliphatic carbocycles. The Hall–Kier alpha value is -1.69. The summed E-state index contributed by atoms with van der Waals surface area (Å²) in [5.74, 6) is 1.10. The first-order valence-electron chi connectivity index (χ1n) is 5.21. The molecular weight excluding hydrogens is 238 g/mol. The van der Waals surface area contributed by atoms with Crippen LogP contribution in [0.4, 0.5) is 5.95 Å². The van der Waals surface area contributed by atoms with Crippen LogP contribution in [-0.2, 0) is 10.8 Å². The van der Waals surface area contributed by atoms with Gasteiger partial charge in [0, 0.05) is 18.9 Å². The average molecular weight is 251 g/mol. The van der Waals surface area contributed by atoms with E-state index in [4.69, 9.17) is 4.42 Å². The van der Waals surface area contributed by atoms with Crippen LogP contribution in [0.1, 0.15) is 6.92 Å². The van der Waals surface area contributed by atoms with Gasteiger partial charge in [0.05, 0.1) is 17.1 Å². The largest absolute Gasteiger partial charge is 0.463 e. The first-order chi connectivity index (χ1) is 8.20. The molecule has 0 amide bonds. The zero-order valence-corrected chi connectivity index (χ0v) is 10.5. The highest BCUT2D eigenvalue weighted by Crippen LogP contribution is 2.20. The van der Waals surface area contributed by atoms with Gasteiger partial charge in [-0.3, -0.25) is 4.21 Å². The summed E-state index contributed by atoms with van der Waals surface area (Å²) in [5, 5.41) is 3.50. The van der Waals surface area contributed by atoms with Crippen molar-refractivity contribution in [1.82, 2.24) is 9.97 Å². The number of hydrogen-bond acceptors (Lipinski definition) is 5. The van der Waals surface area contributed by atoms with Gasteiger partial charge < -0.3 is 9.73 Å². The van der Waals surface area contributed by atoms with Crippen molar-refractivity contribution in [3.63, 3.8) is 0 Å². The zero-order valence-electron chi connectivity index (χ0n) is 9.64. The Bertz CT molecular complexity index is 526. The minimum absolute atomic E-state index is 0.464. The molecule has 0 aromatic carbocycles. The molecule has 0 fully saturated rings. The number of hydrogen-bond donors (Lipinski definition) is 1. The normalized spacial score (nSPS) is 12.4. The van der Waals surface area contributed by atoms with Gasteiger partial charge in [0.15, 0.2) is 5.76 Å². The second-order valence-electron chi connectivity index (χ2n) is 3.38. The van der Waals surface area contributed by atoms with E-state index in [1.165, 1.54) is 0 Å². The van der Waals surface area contributed by atoms with Crippen LogP contribution < -0.4 is 5.32 Å². The summed E-state index contributed by atoms with van der Waals surface area (Å²) in [5.41, 5.74) is 0.631. The van der Waals surface area contributed by atoms with Gasteiger partial charge in [0.25, 0.3) is 0 Å². The molecule has 1 unspecified atom stereocenters. The van der Waals surface area contributed by atoms with Crippen molar-refractivity contribution >= 4 is 16.7 Å². The molecule has 0 saturated carbocycles. The summed E-state index contributed by atoms with van der Waals surface area (Å²) in [6.45, 7) is 2.66.